The van der Waals surface area contributed by atoms with Crippen LogP contribution in [0, 0.1) is 0 Å². The molecule has 0 bridgehead atoms. The number of hydrogen-bond acceptors (Lipinski definition) is 6. The minimum Gasteiger partial charge on any atom is -0.462 e. The van der Waals surface area contributed by atoms with Crippen molar-refractivity contribution < 1.29 is 28.6 Å². The van der Waals surface area contributed by atoms with E-state index in [-0.39, 0.29) is 31.1 Å². The van der Waals surface area contributed by atoms with E-state index in [1.807, 2.05) is 0 Å². The summed E-state index contributed by atoms with van der Waals surface area (Å²) >= 11 is 0. The van der Waals surface area contributed by atoms with Crippen molar-refractivity contribution in [1.82, 2.24) is 0 Å². The van der Waals surface area contributed by atoms with E-state index in [4.69, 9.17) is 14.2 Å². The lowest BCUT2D eigenvalue weighted by Gasteiger charge is -2.18. The number of unbranched alkanes of at least 4 members (excludes halogenated alkanes) is 28. The van der Waals surface area contributed by atoms with Crippen molar-refractivity contribution in [2.24, 2.45) is 0 Å². The van der Waals surface area contributed by atoms with Gasteiger partial charge in [0.15, 0.2) is 6.10 Å². The Bertz CT molecular complexity index is 1150. The molecule has 0 aliphatic heterocycles. The van der Waals surface area contributed by atoms with Crippen LogP contribution < -0.4 is 0 Å². The Hall–Kier alpha value is -2.89. The highest BCUT2D eigenvalue weighted by atomic mass is 16.6. The van der Waals surface area contributed by atoms with Gasteiger partial charge in [0.25, 0.3) is 0 Å². The molecule has 0 N–H and O–H groups in total. The van der Waals surface area contributed by atoms with E-state index in [0.717, 1.165) is 96.3 Å². The van der Waals surface area contributed by atoms with Gasteiger partial charge in [0.2, 0.25) is 0 Å². The zero-order chi connectivity index (χ0) is 45.8. The molecule has 0 amide bonds. The highest BCUT2D eigenvalue weighted by Crippen LogP contribution is 2.15. The molecule has 63 heavy (non-hydrogen) atoms. The van der Waals surface area contributed by atoms with Crippen LogP contribution in [-0.4, -0.2) is 37.2 Å². The van der Waals surface area contributed by atoms with E-state index in [1.165, 1.54) is 128 Å². The summed E-state index contributed by atoms with van der Waals surface area (Å²) in [5.41, 5.74) is 0. The van der Waals surface area contributed by atoms with E-state index in [1.54, 1.807) is 0 Å². The van der Waals surface area contributed by atoms with Crippen molar-refractivity contribution in [3.05, 3.63) is 60.8 Å². The zero-order valence-electron chi connectivity index (χ0n) is 41.6. The standard InChI is InChI=1S/C57H100O6/c1-4-7-10-13-16-19-22-25-27-28-29-31-32-35-38-41-44-47-50-56(59)62-53-54(52-61-55(58)49-46-43-40-37-34-24-21-18-15-12-9-6-3)63-57(60)51-48-45-42-39-36-33-30-26-23-20-17-14-11-8-5-2/h9,12,18,21,27-29,31,34,37,54H,4-8,10-11,13-17,19-20,22-26,30,32-33,35-36,38-53H2,1-3H3/b12-9-,21-18-,28-27-,31-29-,37-34-. The molecule has 0 fully saturated rings. The third-order valence-corrected chi connectivity index (χ3v) is 11.5. The summed E-state index contributed by atoms with van der Waals surface area (Å²) in [7, 11) is 0. The lowest BCUT2D eigenvalue weighted by molar-refractivity contribution is -0.167. The molecule has 0 saturated heterocycles. The number of allylic oxidation sites excluding steroid dienone is 10. The fourth-order valence-electron chi connectivity index (χ4n) is 7.51. The SMILES string of the molecule is CC/C=C\C/C=C\C/C=C\CCCCC(=O)OCC(COC(=O)CCCCCCC/C=C\C=C/CCCCCCCCC)OC(=O)CCCCCCCCCCCCCCCCC. The fourth-order valence-corrected chi connectivity index (χ4v) is 7.51. The minimum absolute atomic E-state index is 0.0926. The second-order valence-electron chi connectivity index (χ2n) is 17.8. The van der Waals surface area contributed by atoms with Gasteiger partial charge in [0.1, 0.15) is 13.2 Å². The second kappa shape index (κ2) is 51.7. The Labute approximate surface area is 390 Å². The van der Waals surface area contributed by atoms with Crippen LogP contribution in [0.5, 0.6) is 0 Å². The van der Waals surface area contributed by atoms with Crippen LogP contribution in [0.1, 0.15) is 265 Å². The maximum absolute atomic E-state index is 12.8. The number of carbonyl (C=O) groups excluding carboxylic acids is 3. The van der Waals surface area contributed by atoms with Crippen LogP contribution in [0.3, 0.4) is 0 Å². The van der Waals surface area contributed by atoms with Crippen molar-refractivity contribution in [1.29, 1.82) is 0 Å². The highest BCUT2D eigenvalue weighted by Gasteiger charge is 2.19. The van der Waals surface area contributed by atoms with Crippen LogP contribution in [0.25, 0.3) is 0 Å². The molecule has 0 radical (unpaired) electrons. The summed E-state index contributed by atoms with van der Waals surface area (Å²) in [6.45, 7) is 6.49. The van der Waals surface area contributed by atoms with Gasteiger partial charge in [-0.25, -0.2) is 0 Å². The predicted octanol–water partition coefficient (Wildman–Crippen LogP) is 17.6. The van der Waals surface area contributed by atoms with Crippen LogP contribution in [0.2, 0.25) is 0 Å². The van der Waals surface area contributed by atoms with Gasteiger partial charge in [0.05, 0.1) is 0 Å². The van der Waals surface area contributed by atoms with E-state index in [9.17, 15) is 14.4 Å². The van der Waals surface area contributed by atoms with Gasteiger partial charge in [0, 0.05) is 19.3 Å². The molecule has 0 aliphatic rings. The Balaban J connectivity index is 4.41. The minimum atomic E-state index is -0.793. The molecule has 1 unspecified atom stereocenters. The molecule has 0 rings (SSSR count). The molecule has 6 nitrogen and oxygen atoms in total. The smallest absolute Gasteiger partial charge is 0.306 e. The quantitative estimate of drug-likeness (QED) is 0.0199. The first kappa shape index (κ1) is 60.1. The van der Waals surface area contributed by atoms with Crippen molar-refractivity contribution in [3.63, 3.8) is 0 Å². The first-order valence-electron chi connectivity index (χ1n) is 26.8. The topological polar surface area (TPSA) is 78.9 Å². The first-order chi connectivity index (χ1) is 31.0. The lowest BCUT2D eigenvalue weighted by Crippen LogP contribution is -2.30. The second-order valence-corrected chi connectivity index (χ2v) is 17.8. The maximum atomic E-state index is 12.8. The monoisotopic (exact) mass is 881 g/mol. The molecule has 0 aliphatic carbocycles. The first-order valence-corrected chi connectivity index (χ1v) is 26.8. The van der Waals surface area contributed by atoms with Crippen LogP contribution in [0.15, 0.2) is 60.8 Å². The molecule has 1 atom stereocenters. The van der Waals surface area contributed by atoms with Crippen LogP contribution in [-0.2, 0) is 28.6 Å². The molecule has 364 valence electrons. The Morgan fingerprint density at radius 1 is 0.349 bits per heavy atom. The van der Waals surface area contributed by atoms with Crippen molar-refractivity contribution in [2.45, 2.75) is 271 Å². The largest absolute Gasteiger partial charge is 0.462 e. The van der Waals surface area contributed by atoms with E-state index in [0.29, 0.717) is 19.3 Å². The van der Waals surface area contributed by atoms with Gasteiger partial charge in [-0.2, -0.15) is 0 Å². The van der Waals surface area contributed by atoms with Crippen molar-refractivity contribution in [3.8, 4) is 0 Å². The van der Waals surface area contributed by atoms with Gasteiger partial charge in [-0.15, -0.1) is 0 Å². The number of carbonyl (C=O) groups is 3. The number of hydrogen-bond donors (Lipinski definition) is 0. The van der Waals surface area contributed by atoms with Crippen molar-refractivity contribution >= 4 is 17.9 Å². The van der Waals surface area contributed by atoms with Gasteiger partial charge < -0.3 is 14.2 Å². The third kappa shape index (κ3) is 50.0. The summed E-state index contributed by atoms with van der Waals surface area (Å²) in [5, 5.41) is 0. The number of ether oxygens (including phenoxy) is 3. The molecule has 0 saturated carbocycles. The van der Waals surface area contributed by atoms with Gasteiger partial charge in [-0.3, -0.25) is 14.4 Å². The number of rotatable bonds is 48. The maximum Gasteiger partial charge on any atom is 0.306 e. The molecular weight excluding hydrogens is 781 g/mol. The highest BCUT2D eigenvalue weighted by molar-refractivity contribution is 5.71. The van der Waals surface area contributed by atoms with Crippen LogP contribution in [0.4, 0.5) is 0 Å². The van der Waals surface area contributed by atoms with E-state index >= 15 is 0 Å². The summed E-state index contributed by atoms with van der Waals surface area (Å²) < 4.78 is 16.8. The summed E-state index contributed by atoms with van der Waals surface area (Å²) in [6.07, 6.45) is 63.5. The third-order valence-electron chi connectivity index (χ3n) is 11.5. The van der Waals surface area contributed by atoms with Gasteiger partial charge in [-0.05, 0) is 77.0 Å². The summed E-state index contributed by atoms with van der Waals surface area (Å²) in [6, 6.07) is 0. The molecule has 0 aromatic carbocycles. The van der Waals surface area contributed by atoms with E-state index in [2.05, 4.69) is 81.5 Å². The van der Waals surface area contributed by atoms with Crippen LogP contribution >= 0.6 is 0 Å². The number of esters is 3. The molecule has 6 heteroatoms. The molecule has 0 spiro atoms. The predicted molar refractivity (Wildman–Crippen MR) is 270 cm³/mol. The average Bonchev–Trinajstić information content (AvgIpc) is 3.28. The molecule has 0 heterocycles. The Morgan fingerprint density at radius 3 is 1.10 bits per heavy atom. The normalized spacial score (nSPS) is 12.5. The zero-order valence-corrected chi connectivity index (χ0v) is 41.6. The van der Waals surface area contributed by atoms with Gasteiger partial charge >= 0.3 is 17.9 Å². The Kier molecular flexibility index (Phi) is 49.4. The molecule has 0 aromatic rings. The molecular formula is C57H100O6. The molecule has 0 aromatic heterocycles. The summed E-state index contributed by atoms with van der Waals surface area (Å²) in [4.78, 5) is 38.0. The Morgan fingerprint density at radius 2 is 0.667 bits per heavy atom. The summed E-state index contributed by atoms with van der Waals surface area (Å²) in [5.74, 6) is -0.939. The van der Waals surface area contributed by atoms with Crippen molar-refractivity contribution in [2.75, 3.05) is 13.2 Å². The average molecular weight is 881 g/mol. The van der Waals surface area contributed by atoms with E-state index < -0.39 is 6.10 Å². The fraction of sp³-hybridized carbons (Fsp3) is 0.772. The van der Waals surface area contributed by atoms with Gasteiger partial charge in [-0.1, -0.05) is 229 Å². The lowest BCUT2D eigenvalue weighted by atomic mass is 10.0.